The minimum Gasteiger partial charge on any atom is -0.409 e. The van der Waals surface area contributed by atoms with Gasteiger partial charge in [-0.15, -0.1) is 0 Å². The standard InChI is InChI=1S/C17H14ClFN6O3/c18-12-8-11(6-7-13(12)19)21-16(23-27)15-14(24-28-25-15)9-20-17(26)22-10-4-2-1-3-5-10/h1-8,27H,9H2,(H,21,23)(H2,20,22,26). The van der Waals surface area contributed by atoms with Crippen LogP contribution in [0.3, 0.4) is 0 Å². The van der Waals surface area contributed by atoms with E-state index in [4.69, 9.17) is 11.6 Å². The molecule has 0 unspecified atom stereocenters. The van der Waals surface area contributed by atoms with Crippen molar-refractivity contribution in [2.45, 2.75) is 6.54 Å². The van der Waals surface area contributed by atoms with Gasteiger partial charge in [-0.25, -0.2) is 13.8 Å². The van der Waals surface area contributed by atoms with Crippen molar-refractivity contribution in [3.05, 3.63) is 70.8 Å². The van der Waals surface area contributed by atoms with Crippen LogP contribution in [0.15, 0.2) is 58.3 Å². The normalized spacial score (nSPS) is 11.1. The van der Waals surface area contributed by atoms with Crippen LogP contribution in [0.1, 0.15) is 11.4 Å². The molecule has 28 heavy (non-hydrogen) atoms. The van der Waals surface area contributed by atoms with E-state index in [0.717, 1.165) is 6.07 Å². The number of carbonyl (C=O) groups is 1. The Kier molecular flexibility index (Phi) is 6.02. The molecule has 0 bridgehead atoms. The first-order chi connectivity index (χ1) is 13.6. The first-order valence-corrected chi connectivity index (χ1v) is 8.30. The molecule has 1 heterocycles. The third-order valence-corrected chi connectivity index (χ3v) is 3.80. The van der Waals surface area contributed by atoms with Crippen LogP contribution < -0.4 is 16.0 Å². The lowest BCUT2D eigenvalue weighted by Crippen LogP contribution is -2.29. The number of carbonyl (C=O) groups excluding carboxylic acids is 1. The van der Waals surface area contributed by atoms with Crippen molar-refractivity contribution in [3.8, 4) is 0 Å². The fraction of sp³-hybridized carbons (Fsp3) is 0.0588. The number of aromatic nitrogens is 2. The van der Waals surface area contributed by atoms with Gasteiger partial charge in [0.2, 0.25) is 5.84 Å². The largest absolute Gasteiger partial charge is 0.409 e. The molecule has 0 radical (unpaired) electrons. The van der Waals surface area contributed by atoms with Gasteiger partial charge in [0.05, 0.1) is 11.6 Å². The maximum atomic E-state index is 13.3. The van der Waals surface area contributed by atoms with Gasteiger partial charge in [0.1, 0.15) is 11.5 Å². The van der Waals surface area contributed by atoms with Gasteiger partial charge >= 0.3 is 6.03 Å². The number of anilines is 2. The predicted molar refractivity (Wildman–Crippen MR) is 100.0 cm³/mol. The van der Waals surface area contributed by atoms with E-state index < -0.39 is 11.8 Å². The van der Waals surface area contributed by atoms with Crippen molar-refractivity contribution in [1.82, 2.24) is 15.6 Å². The van der Waals surface area contributed by atoms with Gasteiger partial charge in [0, 0.05) is 11.4 Å². The Balaban J connectivity index is 1.66. The molecule has 0 fully saturated rings. The molecule has 11 heteroatoms. The SMILES string of the molecule is O=C(NCc1nonc1/C(=N\O)Nc1ccc(F)c(Cl)c1)Nc1ccccc1. The van der Waals surface area contributed by atoms with Crippen molar-refractivity contribution in [3.63, 3.8) is 0 Å². The Bertz CT molecular complexity index is 996. The summed E-state index contributed by atoms with van der Waals surface area (Å²) in [6.07, 6.45) is 0. The maximum Gasteiger partial charge on any atom is 0.319 e. The Labute approximate surface area is 163 Å². The van der Waals surface area contributed by atoms with E-state index in [0.29, 0.717) is 11.4 Å². The molecular weight excluding hydrogens is 391 g/mol. The van der Waals surface area contributed by atoms with Gasteiger partial charge in [0.25, 0.3) is 0 Å². The molecule has 0 saturated carbocycles. The third-order valence-electron chi connectivity index (χ3n) is 3.51. The Morgan fingerprint density at radius 3 is 2.64 bits per heavy atom. The fourth-order valence-electron chi connectivity index (χ4n) is 2.21. The zero-order valence-electron chi connectivity index (χ0n) is 14.2. The van der Waals surface area contributed by atoms with Crippen LogP contribution in [0, 0.1) is 5.82 Å². The fourth-order valence-corrected chi connectivity index (χ4v) is 2.39. The van der Waals surface area contributed by atoms with Gasteiger partial charge in [-0.2, -0.15) is 0 Å². The van der Waals surface area contributed by atoms with Crippen LogP contribution in [-0.2, 0) is 6.54 Å². The summed E-state index contributed by atoms with van der Waals surface area (Å²) in [5, 5.41) is 27.6. The molecule has 2 amide bonds. The number of halogens is 2. The molecule has 0 atom stereocenters. The summed E-state index contributed by atoms with van der Waals surface area (Å²) in [5.41, 5.74) is 1.23. The summed E-state index contributed by atoms with van der Waals surface area (Å²) in [5.74, 6) is -0.712. The molecule has 0 aliphatic heterocycles. The minimum atomic E-state index is -0.591. The van der Waals surface area contributed by atoms with Crippen molar-refractivity contribution in [1.29, 1.82) is 0 Å². The van der Waals surface area contributed by atoms with Crippen LogP contribution in [0.2, 0.25) is 5.02 Å². The molecule has 0 spiro atoms. The highest BCUT2D eigenvalue weighted by atomic mass is 35.5. The smallest absolute Gasteiger partial charge is 0.319 e. The van der Waals surface area contributed by atoms with E-state index in [9.17, 15) is 14.4 Å². The molecule has 144 valence electrons. The van der Waals surface area contributed by atoms with Crippen LogP contribution >= 0.6 is 11.6 Å². The number of nitrogens with one attached hydrogen (secondary N) is 3. The second-order valence-corrected chi connectivity index (χ2v) is 5.84. The first-order valence-electron chi connectivity index (χ1n) is 7.92. The molecule has 2 aromatic carbocycles. The summed E-state index contributed by atoms with van der Waals surface area (Å²) < 4.78 is 17.9. The molecule has 0 saturated heterocycles. The number of benzene rings is 2. The van der Waals surface area contributed by atoms with E-state index in [1.165, 1.54) is 12.1 Å². The van der Waals surface area contributed by atoms with Gasteiger partial charge in [-0.05, 0) is 35.5 Å². The number of amides is 2. The molecule has 4 N–H and O–H groups in total. The molecule has 1 aromatic heterocycles. The minimum absolute atomic E-state index is 0.0532. The summed E-state index contributed by atoms with van der Waals surface area (Å²) in [4.78, 5) is 12.0. The van der Waals surface area contributed by atoms with Crippen LogP contribution in [0.4, 0.5) is 20.6 Å². The highest BCUT2D eigenvalue weighted by Crippen LogP contribution is 2.20. The molecule has 3 rings (SSSR count). The second kappa shape index (κ2) is 8.82. The van der Waals surface area contributed by atoms with E-state index in [-0.39, 0.29) is 28.8 Å². The first kappa shape index (κ1) is 19.1. The monoisotopic (exact) mass is 404 g/mol. The van der Waals surface area contributed by atoms with Gasteiger partial charge < -0.3 is 21.2 Å². The zero-order chi connectivity index (χ0) is 19.9. The van der Waals surface area contributed by atoms with E-state index in [2.05, 4.69) is 36.0 Å². The lowest BCUT2D eigenvalue weighted by atomic mass is 10.2. The predicted octanol–water partition coefficient (Wildman–Crippen LogP) is 3.43. The van der Waals surface area contributed by atoms with Crippen LogP contribution in [0.25, 0.3) is 0 Å². The number of rotatable bonds is 5. The average Bonchev–Trinajstić information content (AvgIpc) is 3.16. The molecular formula is C17H14ClFN6O3. The topological polar surface area (TPSA) is 125 Å². The molecule has 3 aromatic rings. The van der Waals surface area contributed by atoms with E-state index >= 15 is 0 Å². The summed E-state index contributed by atoms with van der Waals surface area (Å²) >= 11 is 5.73. The Morgan fingerprint density at radius 2 is 1.93 bits per heavy atom. The summed E-state index contributed by atoms with van der Waals surface area (Å²) in [7, 11) is 0. The number of para-hydroxylation sites is 1. The lowest BCUT2D eigenvalue weighted by Gasteiger charge is -2.08. The number of nitrogens with zero attached hydrogens (tertiary/aromatic N) is 3. The van der Waals surface area contributed by atoms with Crippen molar-refractivity contribution >= 4 is 34.8 Å². The number of oxime groups is 1. The number of hydrogen-bond donors (Lipinski definition) is 4. The van der Waals surface area contributed by atoms with E-state index in [1.54, 1.807) is 24.3 Å². The van der Waals surface area contributed by atoms with Crippen molar-refractivity contribution < 1.29 is 19.0 Å². The Hall–Kier alpha value is -3.66. The van der Waals surface area contributed by atoms with Crippen LogP contribution in [0.5, 0.6) is 0 Å². The quantitative estimate of drug-likeness (QED) is 0.223. The van der Waals surface area contributed by atoms with Crippen molar-refractivity contribution in [2.24, 2.45) is 5.16 Å². The number of amidine groups is 1. The number of urea groups is 1. The summed E-state index contributed by atoms with van der Waals surface area (Å²) in [6.45, 7) is -0.0532. The van der Waals surface area contributed by atoms with Gasteiger partial charge in [-0.3, -0.25) is 0 Å². The molecule has 0 aliphatic carbocycles. The Morgan fingerprint density at radius 1 is 1.14 bits per heavy atom. The van der Waals surface area contributed by atoms with Gasteiger partial charge in [-0.1, -0.05) is 40.1 Å². The molecule has 0 aliphatic rings. The maximum absolute atomic E-state index is 13.3. The van der Waals surface area contributed by atoms with Crippen LogP contribution in [-0.4, -0.2) is 27.4 Å². The average molecular weight is 405 g/mol. The third kappa shape index (κ3) is 4.74. The van der Waals surface area contributed by atoms with Gasteiger partial charge in [0.15, 0.2) is 5.69 Å². The van der Waals surface area contributed by atoms with Crippen molar-refractivity contribution in [2.75, 3.05) is 10.6 Å². The highest BCUT2D eigenvalue weighted by Gasteiger charge is 2.18. The van der Waals surface area contributed by atoms with E-state index in [1.807, 2.05) is 6.07 Å². The second-order valence-electron chi connectivity index (χ2n) is 5.44. The highest BCUT2D eigenvalue weighted by molar-refractivity contribution is 6.31. The summed E-state index contributed by atoms with van der Waals surface area (Å²) in [6, 6.07) is 12.2. The molecule has 9 nitrogen and oxygen atoms in total. The lowest BCUT2D eigenvalue weighted by molar-refractivity contribution is 0.251. The number of hydrogen-bond acceptors (Lipinski definition) is 6. The zero-order valence-corrected chi connectivity index (χ0v) is 14.9.